The zero-order valence-electron chi connectivity index (χ0n) is 7.70. The summed E-state index contributed by atoms with van der Waals surface area (Å²) in [4.78, 5) is 4.57. The van der Waals surface area contributed by atoms with Gasteiger partial charge in [-0.1, -0.05) is 30.7 Å². The third kappa shape index (κ3) is 1.90. The van der Waals surface area contributed by atoms with Crippen molar-refractivity contribution in [1.29, 1.82) is 0 Å². The van der Waals surface area contributed by atoms with Crippen molar-refractivity contribution < 1.29 is 4.84 Å². The van der Waals surface area contributed by atoms with Crippen molar-refractivity contribution in [3.63, 3.8) is 0 Å². The molecule has 0 atom stereocenters. The summed E-state index contributed by atoms with van der Waals surface area (Å²) in [6.45, 7) is 0.505. The Labute approximate surface area is 78.7 Å². The Morgan fingerprint density at radius 2 is 1.92 bits per heavy atom. The highest BCUT2D eigenvalue weighted by Gasteiger charge is 2.18. The van der Waals surface area contributed by atoms with Crippen LogP contribution in [0.25, 0.3) is 0 Å². The minimum absolute atomic E-state index is 0.505. The van der Waals surface area contributed by atoms with Crippen molar-refractivity contribution in [2.45, 2.75) is 31.8 Å². The van der Waals surface area contributed by atoms with Crippen LogP contribution in [0.15, 0.2) is 24.3 Å². The predicted octanol–water partition coefficient (Wildman–Crippen LogP) is 2.34. The number of benzene rings is 1. The van der Waals surface area contributed by atoms with E-state index in [1.165, 1.54) is 24.8 Å². The monoisotopic (exact) mass is 177 g/mol. The second kappa shape index (κ2) is 3.90. The van der Waals surface area contributed by atoms with E-state index >= 15 is 0 Å². The van der Waals surface area contributed by atoms with Gasteiger partial charge >= 0.3 is 0 Å². The summed E-state index contributed by atoms with van der Waals surface area (Å²) < 4.78 is 0. The van der Waals surface area contributed by atoms with Crippen LogP contribution >= 0.6 is 0 Å². The van der Waals surface area contributed by atoms with Gasteiger partial charge in [-0.2, -0.15) is 0 Å². The lowest BCUT2D eigenvalue weighted by atomic mass is 9.80. The van der Waals surface area contributed by atoms with Gasteiger partial charge in [0.25, 0.3) is 0 Å². The van der Waals surface area contributed by atoms with E-state index in [1.807, 2.05) is 0 Å². The molecule has 70 valence electrons. The summed E-state index contributed by atoms with van der Waals surface area (Å²) in [5, 5.41) is 0. The van der Waals surface area contributed by atoms with Gasteiger partial charge in [0.1, 0.15) is 0 Å². The fourth-order valence-electron chi connectivity index (χ4n) is 1.72. The summed E-state index contributed by atoms with van der Waals surface area (Å²) in [6.07, 6.45) is 4.10. The summed E-state index contributed by atoms with van der Waals surface area (Å²) in [6, 6.07) is 8.58. The second-order valence-corrected chi connectivity index (χ2v) is 3.68. The zero-order chi connectivity index (χ0) is 9.10. The molecule has 0 heterocycles. The fourth-order valence-corrected chi connectivity index (χ4v) is 1.72. The van der Waals surface area contributed by atoms with Crippen molar-refractivity contribution in [3.05, 3.63) is 35.4 Å². The third-order valence-electron chi connectivity index (χ3n) is 2.81. The molecule has 0 radical (unpaired) electrons. The van der Waals surface area contributed by atoms with Gasteiger partial charge in [-0.15, -0.1) is 0 Å². The Morgan fingerprint density at radius 1 is 1.23 bits per heavy atom. The van der Waals surface area contributed by atoms with Gasteiger partial charge in [0, 0.05) is 0 Å². The second-order valence-electron chi connectivity index (χ2n) is 3.68. The first-order valence-corrected chi connectivity index (χ1v) is 4.80. The molecule has 1 aliphatic carbocycles. The van der Waals surface area contributed by atoms with Crippen LogP contribution < -0.4 is 5.90 Å². The molecule has 0 aliphatic heterocycles. The van der Waals surface area contributed by atoms with Crippen LogP contribution in [0.1, 0.15) is 36.3 Å². The van der Waals surface area contributed by atoms with Crippen LogP contribution in [-0.4, -0.2) is 0 Å². The highest BCUT2D eigenvalue weighted by atomic mass is 16.6. The van der Waals surface area contributed by atoms with Crippen molar-refractivity contribution in [1.82, 2.24) is 0 Å². The van der Waals surface area contributed by atoms with Crippen LogP contribution in [0.4, 0.5) is 0 Å². The maximum atomic E-state index is 5.00. The first-order valence-electron chi connectivity index (χ1n) is 4.80. The van der Waals surface area contributed by atoms with Gasteiger partial charge < -0.3 is 0 Å². The van der Waals surface area contributed by atoms with Gasteiger partial charge in [0.05, 0.1) is 6.61 Å². The molecule has 0 amide bonds. The Balaban J connectivity index is 2.04. The third-order valence-corrected chi connectivity index (χ3v) is 2.81. The van der Waals surface area contributed by atoms with E-state index in [0.29, 0.717) is 6.61 Å². The van der Waals surface area contributed by atoms with Crippen LogP contribution in [0.5, 0.6) is 0 Å². The molecule has 2 nitrogen and oxygen atoms in total. The van der Waals surface area contributed by atoms with Crippen molar-refractivity contribution in [3.8, 4) is 0 Å². The van der Waals surface area contributed by atoms with E-state index in [2.05, 4.69) is 29.1 Å². The molecule has 2 N–H and O–H groups in total. The van der Waals surface area contributed by atoms with E-state index in [-0.39, 0.29) is 0 Å². The molecule has 1 saturated carbocycles. The zero-order valence-corrected chi connectivity index (χ0v) is 7.70. The molecule has 0 bridgehead atoms. The SMILES string of the molecule is NOCc1ccc(C2CCC2)cc1. The van der Waals surface area contributed by atoms with Gasteiger partial charge in [-0.05, 0) is 29.9 Å². The topological polar surface area (TPSA) is 35.2 Å². The van der Waals surface area contributed by atoms with E-state index < -0.39 is 0 Å². The average Bonchev–Trinajstić information content (AvgIpc) is 2.06. The van der Waals surface area contributed by atoms with Gasteiger partial charge in [-0.3, -0.25) is 4.84 Å². The standard InChI is InChI=1S/C11H15NO/c12-13-8-9-4-6-11(7-5-9)10-2-1-3-10/h4-7,10H,1-3,8,12H2. The Kier molecular flexibility index (Phi) is 2.62. The first-order chi connectivity index (χ1) is 6.40. The predicted molar refractivity (Wildman–Crippen MR) is 52.0 cm³/mol. The minimum atomic E-state index is 0.505. The maximum Gasteiger partial charge on any atom is 0.0930 e. The molecule has 1 fully saturated rings. The van der Waals surface area contributed by atoms with Crippen LogP contribution in [0.3, 0.4) is 0 Å². The van der Waals surface area contributed by atoms with Crippen molar-refractivity contribution >= 4 is 0 Å². The van der Waals surface area contributed by atoms with Crippen molar-refractivity contribution in [2.24, 2.45) is 5.90 Å². The molecule has 0 unspecified atom stereocenters. The van der Waals surface area contributed by atoms with Gasteiger partial charge in [0.15, 0.2) is 0 Å². The Hall–Kier alpha value is -0.860. The summed E-state index contributed by atoms with van der Waals surface area (Å²) in [7, 11) is 0. The highest BCUT2D eigenvalue weighted by Crippen LogP contribution is 2.36. The largest absolute Gasteiger partial charge is 0.300 e. The van der Waals surface area contributed by atoms with Crippen LogP contribution in [-0.2, 0) is 11.4 Å². The molecule has 0 aromatic heterocycles. The summed E-state index contributed by atoms with van der Waals surface area (Å²) in [5.74, 6) is 5.81. The summed E-state index contributed by atoms with van der Waals surface area (Å²) >= 11 is 0. The number of rotatable bonds is 3. The number of hydrogen-bond donors (Lipinski definition) is 1. The smallest absolute Gasteiger partial charge is 0.0930 e. The molecular formula is C11H15NO. The van der Waals surface area contributed by atoms with Crippen LogP contribution in [0.2, 0.25) is 0 Å². The molecule has 13 heavy (non-hydrogen) atoms. The molecule has 2 heteroatoms. The van der Waals surface area contributed by atoms with Crippen LogP contribution in [0, 0.1) is 0 Å². The van der Waals surface area contributed by atoms with E-state index in [0.717, 1.165) is 11.5 Å². The van der Waals surface area contributed by atoms with E-state index in [1.54, 1.807) is 0 Å². The molecule has 1 aromatic carbocycles. The Bertz CT molecular complexity index is 264. The molecule has 1 aromatic rings. The lowest BCUT2D eigenvalue weighted by Crippen LogP contribution is -2.08. The lowest BCUT2D eigenvalue weighted by Gasteiger charge is -2.25. The lowest BCUT2D eigenvalue weighted by molar-refractivity contribution is 0.124. The quantitative estimate of drug-likeness (QED) is 0.719. The highest BCUT2D eigenvalue weighted by molar-refractivity contribution is 5.26. The maximum absolute atomic E-state index is 5.00. The Morgan fingerprint density at radius 3 is 2.38 bits per heavy atom. The van der Waals surface area contributed by atoms with Gasteiger partial charge in [0.2, 0.25) is 0 Å². The number of hydrogen-bond acceptors (Lipinski definition) is 2. The normalized spacial score (nSPS) is 17.0. The van der Waals surface area contributed by atoms with E-state index in [4.69, 9.17) is 5.90 Å². The molecular weight excluding hydrogens is 162 g/mol. The first kappa shape index (κ1) is 8.73. The average molecular weight is 177 g/mol. The molecule has 0 saturated heterocycles. The molecule has 2 rings (SSSR count). The minimum Gasteiger partial charge on any atom is -0.300 e. The fraction of sp³-hybridized carbons (Fsp3) is 0.455. The van der Waals surface area contributed by atoms with E-state index in [9.17, 15) is 0 Å². The van der Waals surface area contributed by atoms with Gasteiger partial charge in [-0.25, -0.2) is 5.90 Å². The molecule has 1 aliphatic rings. The van der Waals surface area contributed by atoms with Crippen molar-refractivity contribution in [2.75, 3.05) is 0 Å². The molecule has 0 spiro atoms. The summed E-state index contributed by atoms with van der Waals surface area (Å²) in [5.41, 5.74) is 2.61. The number of nitrogens with two attached hydrogens (primary N) is 1.